The molecular weight excluding hydrogens is 628 g/mol. The monoisotopic (exact) mass is 648 g/mol. The van der Waals surface area contributed by atoms with Gasteiger partial charge in [-0.3, -0.25) is 13.7 Å². The van der Waals surface area contributed by atoms with Gasteiger partial charge < -0.3 is 15.9 Å². The number of anilines is 1. The van der Waals surface area contributed by atoms with Crippen LogP contribution in [0.4, 0.5) is 11.4 Å². The van der Waals surface area contributed by atoms with E-state index in [0.717, 1.165) is 30.3 Å². The number of benzene rings is 3. The number of nitrogen functional groups attached to an aromatic ring is 1. The Morgan fingerprint density at radius 3 is 2.12 bits per heavy atom. The Bertz CT molecular complexity index is 2200. The van der Waals surface area contributed by atoms with E-state index in [2.05, 4.69) is 10.3 Å². The molecule has 3 aromatic carbocycles. The lowest BCUT2D eigenvalue weighted by Crippen LogP contribution is -2.29. The molecule has 0 radical (unpaired) electrons. The topological polar surface area (TPSA) is 258 Å². The van der Waals surface area contributed by atoms with Crippen molar-refractivity contribution in [2.24, 2.45) is 10.3 Å². The summed E-state index contributed by atoms with van der Waals surface area (Å²) in [6, 6.07) is 5.22. The third-order valence-electron chi connectivity index (χ3n) is 6.53. The number of nitrogens with zero attached hydrogens (tertiary/aromatic N) is 3. The number of aromatic hydroxyl groups is 2. The van der Waals surface area contributed by atoms with Gasteiger partial charge in [0.2, 0.25) is 0 Å². The second kappa shape index (κ2) is 10.3. The molecule has 1 heterocycles. The number of allylic oxidation sites excluding steroid dienone is 4. The number of rotatable bonds is 6. The van der Waals surface area contributed by atoms with E-state index >= 15 is 0 Å². The van der Waals surface area contributed by atoms with Crippen molar-refractivity contribution in [3.63, 3.8) is 0 Å². The summed E-state index contributed by atoms with van der Waals surface area (Å²) >= 11 is 0. The van der Waals surface area contributed by atoms with Crippen molar-refractivity contribution in [1.82, 2.24) is 5.01 Å². The van der Waals surface area contributed by atoms with Crippen LogP contribution in [0.2, 0.25) is 0 Å². The van der Waals surface area contributed by atoms with Gasteiger partial charge in [0, 0.05) is 23.2 Å². The number of fused-ring (bicyclic) bond motifs is 2. The molecule has 0 aromatic heterocycles. The molecule has 2 aliphatic rings. The zero-order chi connectivity index (χ0) is 31.5. The molecular formula is C25H20N4O11S3. The van der Waals surface area contributed by atoms with Crippen LogP contribution < -0.4 is 5.73 Å². The third kappa shape index (κ3) is 5.61. The molecule has 43 heavy (non-hydrogen) atoms. The summed E-state index contributed by atoms with van der Waals surface area (Å²) in [6.07, 6.45) is 9.59. The van der Waals surface area contributed by atoms with Crippen LogP contribution in [0.1, 0.15) is 5.56 Å². The van der Waals surface area contributed by atoms with Gasteiger partial charge in [-0.05, 0) is 52.9 Å². The Labute approximate surface area is 244 Å². The molecule has 0 amide bonds. The van der Waals surface area contributed by atoms with Crippen LogP contribution in [0.3, 0.4) is 0 Å². The van der Waals surface area contributed by atoms with Crippen molar-refractivity contribution in [1.29, 1.82) is 0 Å². The highest BCUT2D eigenvalue weighted by Gasteiger charge is 2.28. The minimum Gasteiger partial charge on any atom is -0.507 e. The molecule has 18 heteroatoms. The minimum atomic E-state index is -5.06. The van der Waals surface area contributed by atoms with E-state index < -0.39 is 74.0 Å². The maximum Gasteiger partial charge on any atom is 0.296 e. The molecule has 1 atom stereocenters. The van der Waals surface area contributed by atoms with Crippen LogP contribution in [0.25, 0.3) is 16.3 Å². The van der Waals surface area contributed by atoms with E-state index in [-0.39, 0.29) is 16.3 Å². The van der Waals surface area contributed by atoms with Crippen LogP contribution in [-0.2, 0) is 30.4 Å². The van der Waals surface area contributed by atoms with E-state index in [1.165, 1.54) is 23.4 Å². The van der Waals surface area contributed by atoms with Crippen LogP contribution in [0.5, 0.6) is 11.5 Å². The summed E-state index contributed by atoms with van der Waals surface area (Å²) in [7, 11) is -14.4. The third-order valence-corrected chi connectivity index (χ3v) is 9.16. The lowest BCUT2D eigenvalue weighted by molar-refractivity contribution is 0.345. The largest absolute Gasteiger partial charge is 0.507 e. The standard InChI is InChI=1S/C25H20N4O11S3/c26-19-12-18-13(9-22(19)42(35,36)37)10-23(43(38,39)40)24(25(18)31)27-28-29-8-7-15(16-3-1-2-4-20(16)29)17-6-5-14(11-21(17)30)41(32,33)34/h1-12,20,30-31H,26H2,(H,32,33,34)(H,35,36,37)(H,38,39,40). The summed E-state index contributed by atoms with van der Waals surface area (Å²) in [4.78, 5) is -2.18. The van der Waals surface area contributed by atoms with E-state index in [0.29, 0.717) is 11.1 Å². The predicted octanol–water partition coefficient (Wildman–Crippen LogP) is 3.35. The molecule has 7 N–H and O–H groups in total. The highest BCUT2D eigenvalue weighted by atomic mass is 32.2. The van der Waals surface area contributed by atoms with Crippen LogP contribution in [-0.4, -0.2) is 60.2 Å². The maximum atomic E-state index is 12.2. The first-order chi connectivity index (χ1) is 20.0. The van der Waals surface area contributed by atoms with Crippen LogP contribution in [0.15, 0.2) is 104 Å². The van der Waals surface area contributed by atoms with Gasteiger partial charge in [-0.2, -0.15) is 25.3 Å². The van der Waals surface area contributed by atoms with Crippen molar-refractivity contribution in [3.8, 4) is 11.5 Å². The van der Waals surface area contributed by atoms with Crippen LogP contribution >= 0.6 is 0 Å². The van der Waals surface area contributed by atoms with Crippen molar-refractivity contribution in [2.75, 3.05) is 5.73 Å². The Morgan fingerprint density at radius 2 is 1.49 bits per heavy atom. The summed E-state index contributed by atoms with van der Waals surface area (Å²) in [6.45, 7) is 0. The molecule has 224 valence electrons. The van der Waals surface area contributed by atoms with Gasteiger partial charge in [-0.1, -0.05) is 29.5 Å². The molecule has 0 saturated heterocycles. The summed E-state index contributed by atoms with van der Waals surface area (Å²) in [5.41, 5.74) is 5.77. The number of phenolic OH excluding ortho intramolecular Hbond substituents is 2. The predicted molar refractivity (Wildman–Crippen MR) is 152 cm³/mol. The van der Waals surface area contributed by atoms with E-state index in [4.69, 9.17) is 5.73 Å². The molecule has 0 saturated carbocycles. The average Bonchev–Trinajstić information content (AvgIpc) is 2.91. The van der Waals surface area contributed by atoms with Gasteiger partial charge in [0.1, 0.15) is 15.5 Å². The molecule has 15 nitrogen and oxygen atoms in total. The minimum absolute atomic E-state index is 0.160. The van der Waals surface area contributed by atoms with Crippen molar-refractivity contribution < 1.29 is 49.1 Å². The second-order valence-corrected chi connectivity index (χ2v) is 13.4. The van der Waals surface area contributed by atoms with Crippen molar-refractivity contribution in [3.05, 3.63) is 84.1 Å². The maximum absolute atomic E-state index is 12.2. The molecule has 5 rings (SSSR count). The van der Waals surface area contributed by atoms with Gasteiger partial charge in [-0.25, -0.2) is 5.01 Å². The lowest BCUT2D eigenvalue weighted by atomic mass is 9.89. The first-order valence-corrected chi connectivity index (χ1v) is 16.1. The number of nitrogens with two attached hydrogens (primary N) is 1. The van der Waals surface area contributed by atoms with E-state index in [1.807, 2.05) is 0 Å². The van der Waals surface area contributed by atoms with Crippen molar-refractivity contribution >= 4 is 58.1 Å². The quantitative estimate of drug-likeness (QED) is 0.127. The molecule has 3 aromatic rings. The second-order valence-electron chi connectivity index (χ2n) is 9.23. The molecule has 1 aliphatic heterocycles. The number of phenols is 2. The fourth-order valence-electron chi connectivity index (χ4n) is 4.58. The zero-order valence-corrected chi connectivity index (χ0v) is 23.8. The van der Waals surface area contributed by atoms with Crippen molar-refractivity contribution in [2.45, 2.75) is 20.7 Å². The Hall–Kier alpha value is -4.59. The lowest BCUT2D eigenvalue weighted by Gasteiger charge is -2.30. The average molecular weight is 649 g/mol. The molecule has 1 unspecified atom stereocenters. The summed E-state index contributed by atoms with van der Waals surface area (Å²) in [5, 5.41) is 30.2. The first-order valence-electron chi connectivity index (χ1n) is 11.8. The van der Waals surface area contributed by atoms with E-state index in [1.54, 1.807) is 24.3 Å². The Balaban J connectivity index is 1.60. The molecule has 0 spiro atoms. The van der Waals surface area contributed by atoms with E-state index in [9.17, 15) is 49.1 Å². The van der Waals surface area contributed by atoms with Gasteiger partial charge in [-0.15, -0.1) is 5.11 Å². The van der Waals surface area contributed by atoms with Gasteiger partial charge in [0.25, 0.3) is 30.4 Å². The highest BCUT2D eigenvalue weighted by Crippen LogP contribution is 2.43. The smallest absolute Gasteiger partial charge is 0.296 e. The molecule has 1 aliphatic carbocycles. The number of hydrogen-bond donors (Lipinski definition) is 6. The Kier molecular flexibility index (Phi) is 7.15. The fourth-order valence-corrected chi connectivity index (χ4v) is 6.38. The van der Waals surface area contributed by atoms with Gasteiger partial charge in [0.05, 0.1) is 16.6 Å². The number of hydrogen-bond acceptors (Lipinski definition) is 11. The fraction of sp³-hybridized carbons (Fsp3) is 0.0400. The van der Waals surface area contributed by atoms with Crippen LogP contribution in [0, 0.1) is 0 Å². The SMILES string of the molecule is Nc1cc2c(O)c(N=NN3C=CC(c4ccc(S(=O)(=O)O)cc4O)=C4C=CC=CC43)c(S(=O)(=O)O)cc2cc1S(=O)(=O)O. The Morgan fingerprint density at radius 1 is 0.814 bits per heavy atom. The molecule has 0 bridgehead atoms. The highest BCUT2D eigenvalue weighted by molar-refractivity contribution is 7.86. The van der Waals surface area contributed by atoms with Gasteiger partial charge >= 0.3 is 0 Å². The molecule has 0 fully saturated rings. The first kappa shape index (κ1) is 29.9. The summed E-state index contributed by atoms with van der Waals surface area (Å²) in [5.74, 6) is -1.25. The summed E-state index contributed by atoms with van der Waals surface area (Å²) < 4.78 is 99.1. The van der Waals surface area contributed by atoms with Gasteiger partial charge in [0.15, 0.2) is 11.4 Å². The normalized spacial score (nSPS) is 17.3. The zero-order valence-electron chi connectivity index (χ0n) is 21.3.